The van der Waals surface area contributed by atoms with Crippen molar-refractivity contribution in [2.75, 3.05) is 0 Å². The Kier molecular flexibility index (Phi) is 1.99. The van der Waals surface area contributed by atoms with Crippen molar-refractivity contribution in [3.63, 3.8) is 0 Å². The molecule has 0 unspecified atom stereocenters. The van der Waals surface area contributed by atoms with E-state index < -0.39 is 0 Å². The van der Waals surface area contributed by atoms with Crippen LogP contribution in [0.25, 0.3) is 6.08 Å². The molecule has 2 rings (SSSR count). The minimum absolute atomic E-state index is 0.201. The standard InChI is InChI=1S/C13H17N/c1-9-5-10-7-11(13(2,3)4)8-14-12(10)6-9/h5,7-8H,6H2,1-4H3. The number of pyridine rings is 1. The van der Waals surface area contributed by atoms with Gasteiger partial charge in [-0.05, 0) is 29.5 Å². The lowest BCUT2D eigenvalue weighted by Gasteiger charge is -2.19. The fourth-order valence-corrected chi connectivity index (χ4v) is 1.77. The van der Waals surface area contributed by atoms with E-state index in [2.05, 4.69) is 44.8 Å². The summed E-state index contributed by atoms with van der Waals surface area (Å²) in [4.78, 5) is 4.52. The largest absolute Gasteiger partial charge is 0.260 e. The maximum absolute atomic E-state index is 4.52. The van der Waals surface area contributed by atoms with Gasteiger partial charge in [0.1, 0.15) is 0 Å². The van der Waals surface area contributed by atoms with Crippen LogP contribution < -0.4 is 0 Å². The summed E-state index contributed by atoms with van der Waals surface area (Å²) in [5.74, 6) is 0. The summed E-state index contributed by atoms with van der Waals surface area (Å²) in [5.41, 5.74) is 5.48. The zero-order valence-corrected chi connectivity index (χ0v) is 9.39. The Morgan fingerprint density at radius 3 is 2.64 bits per heavy atom. The molecule has 0 spiro atoms. The Morgan fingerprint density at radius 2 is 2.00 bits per heavy atom. The second kappa shape index (κ2) is 2.94. The third kappa shape index (κ3) is 1.59. The van der Waals surface area contributed by atoms with E-state index in [0.717, 1.165) is 6.42 Å². The summed E-state index contributed by atoms with van der Waals surface area (Å²) in [6, 6.07) is 2.28. The molecule has 74 valence electrons. The van der Waals surface area contributed by atoms with Crippen LogP contribution in [0.5, 0.6) is 0 Å². The summed E-state index contributed by atoms with van der Waals surface area (Å²) >= 11 is 0. The maximum Gasteiger partial charge on any atom is 0.0516 e. The topological polar surface area (TPSA) is 12.9 Å². The van der Waals surface area contributed by atoms with Gasteiger partial charge in [0.2, 0.25) is 0 Å². The number of fused-ring (bicyclic) bond motifs is 1. The molecule has 1 aromatic heterocycles. The molecule has 0 atom stereocenters. The Balaban J connectivity index is 2.46. The molecule has 0 N–H and O–H groups in total. The zero-order valence-electron chi connectivity index (χ0n) is 9.39. The highest BCUT2D eigenvalue weighted by Crippen LogP contribution is 2.28. The van der Waals surface area contributed by atoms with Crippen LogP contribution in [0, 0.1) is 0 Å². The summed E-state index contributed by atoms with van der Waals surface area (Å²) in [6.07, 6.45) is 5.29. The van der Waals surface area contributed by atoms with E-state index in [1.165, 1.54) is 22.4 Å². The van der Waals surface area contributed by atoms with Crippen LogP contribution in [0.4, 0.5) is 0 Å². The van der Waals surface area contributed by atoms with E-state index in [-0.39, 0.29) is 5.41 Å². The van der Waals surface area contributed by atoms with Crippen molar-refractivity contribution in [3.8, 4) is 0 Å². The summed E-state index contributed by atoms with van der Waals surface area (Å²) < 4.78 is 0. The summed E-state index contributed by atoms with van der Waals surface area (Å²) in [7, 11) is 0. The SMILES string of the molecule is CC1=Cc2cc(C(C)(C)C)cnc2C1. The molecule has 0 amide bonds. The molecule has 0 bridgehead atoms. The van der Waals surface area contributed by atoms with Gasteiger partial charge in [-0.25, -0.2) is 0 Å². The van der Waals surface area contributed by atoms with Gasteiger partial charge >= 0.3 is 0 Å². The first kappa shape index (κ1) is 9.45. The quantitative estimate of drug-likeness (QED) is 0.607. The lowest BCUT2D eigenvalue weighted by Crippen LogP contribution is -2.12. The van der Waals surface area contributed by atoms with Gasteiger partial charge in [0, 0.05) is 12.6 Å². The summed E-state index contributed by atoms with van der Waals surface area (Å²) in [5, 5.41) is 0. The van der Waals surface area contributed by atoms with Gasteiger partial charge in [0.15, 0.2) is 0 Å². The van der Waals surface area contributed by atoms with E-state index in [1.807, 2.05) is 6.20 Å². The molecule has 0 aliphatic heterocycles. The normalized spacial score (nSPS) is 15.3. The second-order valence-corrected chi connectivity index (χ2v) is 5.18. The van der Waals surface area contributed by atoms with E-state index in [1.54, 1.807) is 0 Å². The molecule has 0 radical (unpaired) electrons. The monoisotopic (exact) mass is 187 g/mol. The van der Waals surface area contributed by atoms with Crippen molar-refractivity contribution < 1.29 is 0 Å². The molecule has 14 heavy (non-hydrogen) atoms. The average Bonchev–Trinajstić information content (AvgIpc) is 2.41. The van der Waals surface area contributed by atoms with Gasteiger partial charge in [-0.1, -0.05) is 32.4 Å². The van der Waals surface area contributed by atoms with E-state index >= 15 is 0 Å². The number of hydrogen-bond acceptors (Lipinski definition) is 1. The highest BCUT2D eigenvalue weighted by atomic mass is 14.7. The first-order valence-electron chi connectivity index (χ1n) is 5.13. The number of nitrogens with zero attached hydrogens (tertiary/aromatic N) is 1. The zero-order chi connectivity index (χ0) is 10.3. The number of aromatic nitrogens is 1. The van der Waals surface area contributed by atoms with E-state index in [9.17, 15) is 0 Å². The molecule has 1 aliphatic carbocycles. The van der Waals surface area contributed by atoms with Gasteiger partial charge in [-0.3, -0.25) is 4.98 Å². The highest BCUT2D eigenvalue weighted by Gasteiger charge is 2.17. The molecule has 1 heterocycles. The van der Waals surface area contributed by atoms with Crippen LogP contribution in [0.1, 0.15) is 44.5 Å². The molecular weight excluding hydrogens is 170 g/mol. The molecule has 1 heteroatoms. The molecule has 1 aromatic rings. The van der Waals surface area contributed by atoms with Crippen molar-refractivity contribution in [2.45, 2.75) is 39.5 Å². The van der Waals surface area contributed by atoms with Crippen LogP contribution in [0.15, 0.2) is 17.8 Å². The van der Waals surface area contributed by atoms with E-state index in [0.29, 0.717) is 0 Å². The van der Waals surface area contributed by atoms with Crippen LogP contribution in [-0.4, -0.2) is 4.98 Å². The van der Waals surface area contributed by atoms with Crippen LogP contribution in [0.3, 0.4) is 0 Å². The Bertz CT molecular complexity index is 394. The molecule has 0 fully saturated rings. The van der Waals surface area contributed by atoms with Crippen LogP contribution in [-0.2, 0) is 11.8 Å². The average molecular weight is 187 g/mol. The Labute approximate surface area is 85.9 Å². The first-order chi connectivity index (χ1) is 6.47. The molecule has 0 saturated heterocycles. The molecule has 0 aromatic carbocycles. The van der Waals surface area contributed by atoms with Crippen molar-refractivity contribution in [1.29, 1.82) is 0 Å². The van der Waals surface area contributed by atoms with Crippen molar-refractivity contribution >= 4 is 6.08 Å². The lowest BCUT2D eigenvalue weighted by atomic mass is 9.87. The minimum atomic E-state index is 0.201. The van der Waals surface area contributed by atoms with Gasteiger partial charge in [0.25, 0.3) is 0 Å². The molecular formula is C13H17N. The molecule has 0 saturated carbocycles. The lowest BCUT2D eigenvalue weighted by molar-refractivity contribution is 0.586. The Morgan fingerprint density at radius 1 is 1.29 bits per heavy atom. The maximum atomic E-state index is 4.52. The van der Waals surface area contributed by atoms with Gasteiger partial charge < -0.3 is 0 Å². The molecule has 1 aliphatic rings. The smallest absolute Gasteiger partial charge is 0.0516 e. The van der Waals surface area contributed by atoms with Gasteiger partial charge in [-0.15, -0.1) is 0 Å². The van der Waals surface area contributed by atoms with Crippen molar-refractivity contribution in [1.82, 2.24) is 4.98 Å². The Hall–Kier alpha value is -1.11. The minimum Gasteiger partial charge on any atom is -0.260 e. The highest BCUT2D eigenvalue weighted by molar-refractivity contribution is 5.62. The third-order valence-electron chi connectivity index (χ3n) is 2.72. The number of hydrogen-bond donors (Lipinski definition) is 0. The van der Waals surface area contributed by atoms with E-state index in [4.69, 9.17) is 0 Å². The summed E-state index contributed by atoms with van der Waals surface area (Å²) in [6.45, 7) is 8.84. The van der Waals surface area contributed by atoms with Crippen molar-refractivity contribution in [3.05, 3.63) is 34.7 Å². The fraction of sp³-hybridized carbons (Fsp3) is 0.462. The fourth-order valence-electron chi connectivity index (χ4n) is 1.77. The predicted molar refractivity (Wildman–Crippen MR) is 60.3 cm³/mol. The van der Waals surface area contributed by atoms with Crippen LogP contribution >= 0.6 is 0 Å². The van der Waals surface area contributed by atoms with Gasteiger partial charge in [-0.2, -0.15) is 0 Å². The second-order valence-electron chi connectivity index (χ2n) is 5.18. The van der Waals surface area contributed by atoms with Crippen molar-refractivity contribution in [2.24, 2.45) is 0 Å². The van der Waals surface area contributed by atoms with Crippen LogP contribution in [0.2, 0.25) is 0 Å². The first-order valence-corrected chi connectivity index (χ1v) is 5.13. The number of allylic oxidation sites excluding steroid dienone is 1. The third-order valence-corrected chi connectivity index (χ3v) is 2.72. The number of rotatable bonds is 0. The predicted octanol–water partition coefficient (Wildman–Crippen LogP) is 3.34. The van der Waals surface area contributed by atoms with Gasteiger partial charge in [0.05, 0.1) is 5.69 Å². The molecule has 1 nitrogen and oxygen atoms in total.